The fourth-order valence-corrected chi connectivity index (χ4v) is 2.64. The molecule has 0 saturated carbocycles. The predicted molar refractivity (Wildman–Crippen MR) is 99.8 cm³/mol. The van der Waals surface area contributed by atoms with Crippen LogP contribution in [-0.4, -0.2) is 17.5 Å². The molecule has 25 heavy (non-hydrogen) atoms. The molecule has 3 rings (SSSR count). The van der Waals surface area contributed by atoms with E-state index >= 15 is 0 Å². The van der Waals surface area contributed by atoms with E-state index in [2.05, 4.69) is 24.3 Å². The van der Waals surface area contributed by atoms with Crippen LogP contribution in [0.25, 0.3) is 0 Å². The largest absolute Gasteiger partial charge is 0.321 e. The summed E-state index contributed by atoms with van der Waals surface area (Å²) < 4.78 is 0. The number of anilines is 2. The average molecular weight is 335 g/mol. The lowest BCUT2D eigenvalue weighted by Crippen LogP contribution is -2.36. The Morgan fingerprint density at radius 3 is 2.36 bits per heavy atom. The summed E-state index contributed by atoms with van der Waals surface area (Å²) in [6.07, 6.45) is 0.617. The maximum Gasteiger partial charge on any atom is 0.271 e. The second-order valence-corrected chi connectivity index (χ2v) is 6.32. The summed E-state index contributed by atoms with van der Waals surface area (Å²) in [6, 6.07) is 16.9. The number of carbonyl (C=O) groups is 2. The zero-order chi connectivity index (χ0) is 17.8. The van der Waals surface area contributed by atoms with Crippen LogP contribution in [0.1, 0.15) is 38.2 Å². The van der Waals surface area contributed by atoms with Gasteiger partial charge in [0.15, 0.2) is 0 Å². The fraction of sp³-hybridized carbons (Fsp3) is 0.250. The lowest BCUT2D eigenvalue weighted by molar-refractivity contribution is -0.118. The first-order chi connectivity index (χ1) is 12.0. The molecule has 5 heteroatoms. The van der Waals surface area contributed by atoms with Crippen molar-refractivity contribution in [3.05, 3.63) is 60.2 Å². The minimum absolute atomic E-state index is 0.107. The first-order valence-corrected chi connectivity index (χ1v) is 8.41. The Hall–Kier alpha value is -2.95. The van der Waals surface area contributed by atoms with E-state index in [1.807, 2.05) is 42.5 Å². The van der Waals surface area contributed by atoms with Crippen molar-refractivity contribution in [1.29, 1.82) is 0 Å². The van der Waals surface area contributed by atoms with Gasteiger partial charge in [-0.05, 0) is 35.7 Å². The maximum atomic E-state index is 12.5. The topological polar surface area (TPSA) is 61.8 Å². The molecule has 0 aromatic heterocycles. The van der Waals surface area contributed by atoms with Gasteiger partial charge in [-0.1, -0.05) is 44.2 Å². The number of amides is 2. The number of rotatable bonds is 4. The lowest BCUT2D eigenvalue weighted by Gasteiger charge is -2.23. The minimum atomic E-state index is -0.272. The van der Waals surface area contributed by atoms with Gasteiger partial charge in [-0.15, -0.1) is 0 Å². The zero-order valence-corrected chi connectivity index (χ0v) is 14.4. The van der Waals surface area contributed by atoms with Gasteiger partial charge in [0.05, 0.1) is 5.69 Å². The van der Waals surface area contributed by atoms with E-state index in [1.54, 1.807) is 12.1 Å². The van der Waals surface area contributed by atoms with Crippen molar-refractivity contribution in [2.75, 3.05) is 10.3 Å². The Morgan fingerprint density at radius 1 is 1.04 bits per heavy atom. The van der Waals surface area contributed by atoms with Crippen molar-refractivity contribution in [3.63, 3.8) is 0 Å². The summed E-state index contributed by atoms with van der Waals surface area (Å²) >= 11 is 0. The van der Waals surface area contributed by atoms with Gasteiger partial charge < -0.3 is 5.32 Å². The minimum Gasteiger partial charge on any atom is -0.321 e. The monoisotopic (exact) mass is 335 g/mol. The summed E-state index contributed by atoms with van der Waals surface area (Å²) in [5.41, 5.74) is 2.96. The normalized spacial score (nSPS) is 14.4. The van der Waals surface area contributed by atoms with Crippen LogP contribution in [0.4, 0.5) is 11.4 Å². The molecule has 0 saturated heterocycles. The van der Waals surface area contributed by atoms with E-state index in [1.165, 1.54) is 10.6 Å². The predicted octanol–water partition coefficient (Wildman–Crippen LogP) is 3.93. The molecule has 0 unspecified atom stereocenters. The van der Waals surface area contributed by atoms with E-state index in [0.29, 0.717) is 23.7 Å². The molecule has 0 fully saturated rings. The number of para-hydroxylation sites is 1. The van der Waals surface area contributed by atoms with Gasteiger partial charge in [-0.3, -0.25) is 9.59 Å². The molecule has 1 heterocycles. The summed E-state index contributed by atoms with van der Waals surface area (Å²) in [4.78, 5) is 24.6. The molecule has 1 N–H and O–H groups in total. The van der Waals surface area contributed by atoms with E-state index in [-0.39, 0.29) is 18.2 Å². The third-order valence-corrected chi connectivity index (χ3v) is 4.13. The highest BCUT2D eigenvalue weighted by Crippen LogP contribution is 2.21. The smallest absolute Gasteiger partial charge is 0.271 e. The number of nitrogens with zero attached hydrogens (tertiary/aromatic N) is 2. The third-order valence-electron chi connectivity index (χ3n) is 4.13. The van der Waals surface area contributed by atoms with Crippen LogP contribution in [0.3, 0.4) is 0 Å². The number of hydrogen-bond donors (Lipinski definition) is 1. The summed E-state index contributed by atoms with van der Waals surface area (Å²) in [5, 5.41) is 8.43. The second kappa shape index (κ2) is 7.30. The van der Waals surface area contributed by atoms with Gasteiger partial charge >= 0.3 is 0 Å². The van der Waals surface area contributed by atoms with Crippen molar-refractivity contribution >= 4 is 28.9 Å². The number of hydrogen-bond acceptors (Lipinski definition) is 3. The van der Waals surface area contributed by atoms with Crippen molar-refractivity contribution in [2.45, 2.75) is 32.6 Å². The Morgan fingerprint density at radius 2 is 1.72 bits per heavy atom. The van der Waals surface area contributed by atoms with Crippen LogP contribution in [0.2, 0.25) is 0 Å². The van der Waals surface area contributed by atoms with Crippen LogP contribution in [-0.2, 0) is 9.59 Å². The van der Waals surface area contributed by atoms with Gasteiger partial charge in [0.25, 0.3) is 5.91 Å². The van der Waals surface area contributed by atoms with Crippen LogP contribution in [0.15, 0.2) is 59.7 Å². The molecule has 0 bridgehead atoms. The highest BCUT2D eigenvalue weighted by molar-refractivity contribution is 6.44. The Bertz CT molecular complexity index is 795. The molecule has 0 spiro atoms. The standard InChI is InChI=1S/C20H21N3O2/c1-14(2)15-8-10-16(11-9-15)21-20(25)18-12-13-19(24)23(22-18)17-6-4-3-5-7-17/h3-11,14H,12-13H2,1-2H3,(H,21,25). The van der Waals surface area contributed by atoms with Gasteiger partial charge in [0, 0.05) is 18.5 Å². The summed E-state index contributed by atoms with van der Waals surface area (Å²) in [7, 11) is 0. The number of nitrogens with one attached hydrogen (secondary N) is 1. The molecule has 1 aliphatic rings. The van der Waals surface area contributed by atoms with E-state index in [9.17, 15) is 9.59 Å². The molecular formula is C20H21N3O2. The highest BCUT2D eigenvalue weighted by Gasteiger charge is 2.25. The van der Waals surface area contributed by atoms with Crippen molar-refractivity contribution in [1.82, 2.24) is 0 Å². The molecule has 128 valence electrons. The zero-order valence-electron chi connectivity index (χ0n) is 14.4. The quantitative estimate of drug-likeness (QED) is 0.920. The first-order valence-electron chi connectivity index (χ1n) is 8.41. The Balaban J connectivity index is 1.76. The van der Waals surface area contributed by atoms with E-state index in [0.717, 1.165) is 5.69 Å². The highest BCUT2D eigenvalue weighted by atomic mass is 16.2. The molecule has 1 aliphatic heterocycles. The van der Waals surface area contributed by atoms with Crippen molar-refractivity contribution in [3.8, 4) is 0 Å². The van der Waals surface area contributed by atoms with Gasteiger partial charge in [0.2, 0.25) is 5.91 Å². The third kappa shape index (κ3) is 3.94. The molecule has 0 radical (unpaired) electrons. The average Bonchev–Trinajstić information content (AvgIpc) is 2.63. The molecule has 0 atom stereocenters. The molecule has 0 aliphatic carbocycles. The Labute approximate surface area is 147 Å². The number of benzene rings is 2. The van der Waals surface area contributed by atoms with Crippen molar-refractivity contribution in [2.24, 2.45) is 5.10 Å². The summed E-state index contributed by atoms with van der Waals surface area (Å²) in [5.74, 6) is 0.0627. The van der Waals surface area contributed by atoms with Crippen LogP contribution < -0.4 is 10.3 Å². The summed E-state index contributed by atoms with van der Waals surface area (Å²) in [6.45, 7) is 4.25. The number of carbonyl (C=O) groups excluding carboxylic acids is 2. The van der Waals surface area contributed by atoms with E-state index in [4.69, 9.17) is 0 Å². The first kappa shape index (κ1) is 16.9. The molecule has 2 aromatic carbocycles. The molecular weight excluding hydrogens is 314 g/mol. The number of hydrazone groups is 1. The van der Waals surface area contributed by atoms with Gasteiger partial charge in [-0.25, -0.2) is 5.01 Å². The van der Waals surface area contributed by atoms with Crippen molar-refractivity contribution < 1.29 is 9.59 Å². The Kier molecular flexibility index (Phi) is 4.93. The van der Waals surface area contributed by atoms with Crippen LogP contribution >= 0.6 is 0 Å². The second-order valence-electron chi connectivity index (χ2n) is 6.32. The molecule has 2 amide bonds. The lowest BCUT2D eigenvalue weighted by atomic mass is 10.0. The SMILES string of the molecule is CC(C)c1ccc(NC(=O)C2=NN(c3ccccc3)C(=O)CC2)cc1. The maximum absolute atomic E-state index is 12.5. The van der Waals surface area contributed by atoms with Crippen LogP contribution in [0, 0.1) is 0 Å². The molecule has 5 nitrogen and oxygen atoms in total. The molecule has 2 aromatic rings. The van der Waals surface area contributed by atoms with E-state index < -0.39 is 0 Å². The fourth-order valence-electron chi connectivity index (χ4n) is 2.64. The van der Waals surface area contributed by atoms with Gasteiger partial charge in [-0.2, -0.15) is 5.10 Å². The van der Waals surface area contributed by atoms with Gasteiger partial charge in [0.1, 0.15) is 5.71 Å². The van der Waals surface area contributed by atoms with Crippen LogP contribution in [0.5, 0.6) is 0 Å².